The molecule has 1 heterocycles. The number of nitrogens with zero attached hydrogens (tertiary/aromatic N) is 2. The highest BCUT2D eigenvalue weighted by Crippen LogP contribution is 2.17. The van der Waals surface area contributed by atoms with E-state index in [1.807, 2.05) is 39.2 Å². The molecular formula is C19H28FIN4O. The van der Waals surface area contributed by atoms with Crippen LogP contribution >= 0.6 is 24.0 Å². The highest BCUT2D eigenvalue weighted by Gasteiger charge is 2.17. The van der Waals surface area contributed by atoms with Gasteiger partial charge in [-0.2, -0.15) is 0 Å². The zero-order valence-corrected chi connectivity index (χ0v) is 18.1. The molecule has 2 aromatic rings. The number of benzene rings is 1. The summed E-state index contributed by atoms with van der Waals surface area (Å²) in [5.74, 6) is 1.44. The number of guanidine groups is 1. The van der Waals surface area contributed by atoms with Crippen molar-refractivity contribution in [1.29, 1.82) is 0 Å². The molecule has 7 heteroatoms. The van der Waals surface area contributed by atoms with Crippen LogP contribution in [-0.2, 0) is 6.54 Å². The molecule has 1 aromatic heterocycles. The average Bonchev–Trinajstić information content (AvgIpc) is 3.09. The molecule has 1 atom stereocenters. The third kappa shape index (κ3) is 6.60. The number of aryl methyl sites for hydroxylation is 1. The van der Waals surface area contributed by atoms with Crippen LogP contribution in [0.1, 0.15) is 29.9 Å². The largest absolute Gasteiger partial charge is 0.468 e. The monoisotopic (exact) mass is 474 g/mol. The highest BCUT2D eigenvalue weighted by molar-refractivity contribution is 14.0. The van der Waals surface area contributed by atoms with Gasteiger partial charge in [-0.15, -0.1) is 24.0 Å². The summed E-state index contributed by atoms with van der Waals surface area (Å²) in [4.78, 5) is 6.69. The number of nitrogens with one attached hydrogen (secondary N) is 2. The molecule has 0 saturated heterocycles. The summed E-state index contributed by atoms with van der Waals surface area (Å²) in [7, 11) is 4.03. The summed E-state index contributed by atoms with van der Waals surface area (Å²) >= 11 is 0. The molecule has 0 radical (unpaired) electrons. The molecule has 144 valence electrons. The van der Waals surface area contributed by atoms with Gasteiger partial charge in [-0.3, -0.25) is 4.90 Å². The van der Waals surface area contributed by atoms with E-state index in [-0.39, 0.29) is 35.8 Å². The molecule has 0 saturated carbocycles. The third-order valence-corrected chi connectivity index (χ3v) is 3.94. The molecule has 0 aliphatic heterocycles. The lowest BCUT2D eigenvalue weighted by Gasteiger charge is -2.23. The minimum atomic E-state index is -0.190. The number of halogens is 2. The van der Waals surface area contributed by atoms with Crippen LogP contribution in [0.15, 0.2) is 46.0 Å². The number of furan rings is 1. The number of likely N-dealkylation sites (N-methyl/N-ethyl adjacent to an activating group) is 1. The first-order valence-electron chi connectivity index (χ1n) is 8.48. The van der Waals surface area contributed by atoms with E-state index in [9.17, 15) is 4.39 Å². The van der Waals surface area contributed by atoms with E-state index in [2.05, 4.69) is 20.5 Å². The molecule has 2 N–H and O–H groups in total. The van der Waals surface area contributed by atoms with E-state index in [0.29, 0.717) is 18.7 Å². The lowest BCUT2D eigenvalue weighted by atomic mass is 10.1. The van der Waals surface area contributed by atoms with Crippen LogP contribution in [0.5, 0.6) is 0 Å². The molecule has 1 aromatic carbocycles. The first-order valence-corrected chi connectivity index (χ1v) is 8.48. The van der Waals surface area contributed by atoms with E-state index >= 15 is 0 Å². The predicted molar refractivity (Wildman–Crippen MR) is 115 cm³/mol. The summed E-state index contributed by atoms with van der Waals surface area (Å²) in [6.45, 7) is 5.70. The van der Waals surface area contributed by atoms with E-state index < -0.39 is 0 Å². The Morgan fingerprint density at radius 1 is 1.27 bits per heavy atom. The quantitative estimate of drug-likeness (QED) is 0.365. The zero-order chi connectivity index (χ0) is 18.2. The van der Waals surface area contributed by atoms with Gasteiger partial charge in [0.05, 0.1) is 18.8 Å². The Bertz CT molecular complexity index is 689. The van der Waals surface area contributed by atoms with Crippen LogP contribution < -0.4 is 10.6 Å². The minimum Gasteiger partial charge on any atom is -0.468 e. The first kappa shape index (κ1) is 22.4. The Labute approximate surface area is 172 Å². The second kappa shape index (κ2) is 11.2. The van der Waals surface area contributed by atoms with Crippen molar-refractivity contribution >= 4 is 29.9 Å². The fourth-order valence-electron chi connectivity index (χ4n) is 2.53. The van der Waals surface area contributed by atoms with E-state index in [1.165, 1.54) is 6.07 Å². The Hall–Kier alpha value is -1.61. The summed E-state index contributed by atoms with van der Waals surface area (Å²) in [5.41, 5.74) is 1.61. The van der Waals surface area contributed by atoms with Crippen molar-refractivity contribution < 1.29 is 8.81 Å². The van der Waals surface area contributed by atoms with Crippen molar-refractivity contribution in [3.05, 3.63) is 59.3 Å². The lowest BCUT2D eigenvalue weighted by Crippen LogP contribution is -2.41. The molecule has 26 heavy (non-hydrogen) atoms. The normalized spacial score (nSPS) is 12.6. The fourth-order valence-corrected chi connectivity index (χ4v) is 2.53. The smallest absolute Gasteiger partial charge is 0.191 e. The molecule has 0 amide bonds. The molecule has 0 bridgehead atoms. The van der Waals surface area contributed by atoms with Gasteiger partial charge in [0, 0.05) is 13.1 Å². The summed E-state index contributed by atoms with van der Waals surface area (Å²) < 4.78 is 18.9. The van der Waals surface area contributed by atoms with Gasteiger partial charge in [-0.1, -0.05) is 12.1 Å². The van der Waals surface area contributed by atoms with Gasteiger partial charge in [-0.05, 0) is 57.3 Å². The minimum absolute atomic E-state index is 0. The maximum absolute atomic E-state index is 13.4. The van der Waals surface area contributed by atoms with Crippen molar-refractivity contribution in [2.75, 3.05) is 27.2 Å². The van der Waals surface area contributed by atoms with Gasteiger partial charge in [0.1, 0.15) is 11.6 Å². The number of aliphatic imine (C=N–C) groups is 1. The van der Waals surface area contributed by atoms with Crippen molar-refractivity contribution in [1.82, 2.24) is 15.5 Å². The summed E-state index contributed by atoms with van der Waals surface area (Å²) in [5, 5.41) is 6.58. The Kier molecular flexibility index (Phi) is 9.64. The second-order valence-corrected chi connectivity index (χ2v) is 6.15. The van der Waals surface area contributed by atoms with E-state index in [0.717, 1.165) is 23.8 Å². The third-order valence-electron chi connectivity index (χ3n) is 3.94. The molecule has 0 spiro atoms. The van der Waals surface area contributed by atoms with Crippen LogP contribution in [0.2, 0.25) is 0 Å². The van der Waals surface area contributed by atoms with Crippen molar-refractivity contribution in [3.8, 4) is 0 Å². The standard InChI is InChI=1S/C19H27FN4O.HI/c1-5-21-19(22-12-15-8-9-16(20)14(2)11-15)23-13-17(24(3)4)18-7-6-10-25-18;/h6-11,17H,5,12-13H2,1-4H3,(H2,21,22,23);1H. The van der Waals surface area contributed by atoms with Crippen LogP contribution in [0.25, 0.3) is 0 Å². The van der Waals surface area contributed by atoms with Gasteiger partial charge in [0.15, 0.2) is 5.96 Å². The van der Waals surface area contributed by atoms with Gasteiger partial charge >= 0.3 is 0 Å². The summed E-state index contributed by atoms with van der Waals surface area (Å²) in [6.07, 6.45) is 1.68. The lowest BCUT2D eigenvalue weighted by molar-refractivity contribution is 0.258. The highest BCUT2D eigenvalue weighted by atomic mass is 127. The molecule has 2 rings (SSSR count). The van der Waals surface area contributed by atoms with Crippen LogP contribution in [-0.4, -0.2) is 38.0 Å². The first-order chi connectivity index (χ1) is 12.0. The fraction of sp³-hybridized carbons (Fsp3) is 0.421. The number of hydrogen-bond acceptors (Lipinski definition) is 3. The van der Waals surface area contributed by atoms with Crippen molar-refractivity contribution in [2.45, 2.75) is 26.4 Å². The van der Waals surface area contributed by atoms with Gasteiger partial charge in [-0.25, -0.2) is 9.38 Å². The topological polar surface area (TPSA) is 52.8 Å². The van der Waals surface area contributed by atoms with Crippen molar-refractivity contribution in [2.24, 2.45) is 4.99 Å². The molecular weight excluding hydrogens is 446 g/mol. The van der Waals surface area contributed by atoms with Gasteiger partial charge in [0.2, 0.25) is 0 Å². The predicted octanol–water partition coefficient (Wildman–Crippen LogP) is 3.70. The van der Waals surface area contributed by atoms with Gasteiger partial charge < -0.3 is 15.1 Å². The summed E-state index contributed by atoms with van der Waals surface area (Å²) in [6, 6.07) is 9.04. The second-order valence-electron chi connectivity index (χ2n) is 6.15. The van der Waals surface area contributed by atoms with Gasteiger partial charge in [0.25, 0.3) is 0 Å². The maximum Gasteiger partial charge on any atom is 0.191 e. The van der Waals surface area contributed by atoms with E-state index in [1.54, 1.807) is 19.3 Å². The molecule has 5 nitrogen and oxygen atoms in total. The molecule has 0 aliphatic carbocycles. The van der Waals surface area contributed by atoms with Crippen LogP contribution in [0, 0.1) is 12.7 Å². The number of rotatable bonds is 7. The molecule has 1 unspecified atom stereocenters. The van der Waals surface area contributed by atoms with E-state index in [4.69, 9.17) is 4.42 Å². The maximum atomic E-state index is 13.4. The number of hydrogen-bond donors (Lipinski definition) is 2. The van der Waals surface area contributed by atoms with Crippen molar-refractivity contribution in [3.63, 3.8) is 0 Å². The zero-order valence-electron chi connectivity index (χ0n) is 15.8. The Morgan fingerprint density at radius 3 is 2.62 bits per heavy atom. The van der Waals surface area contributed by atoms with Crippen LogP contribution in [0.4, 0.5) is 4.39 Å². The molecule has 0 fully saturated rings. The SMILES string of the molecule is CCNC(=NCc1ccc(F)c(C)c1)NCC(c1ccco1)N(C)C.I. The Morgan fingerprint density at radius 2 is 2.04 bits per heavy atom. The van der Waals surface area contributed by atoms with Crippen LogP contribution in [0.3, 0.4) is 0 Å². The molecule has 0 aliphatic rings. The average molecular weight is 474 g/mol. The Balaban J connectivity index is 0.00000338.